The summed E-state index contributed by atoms with van der Waals surface area (Å²) in [6.45, 7) is 7.61. The van der Waals surface area contributed by atoms with Gasteiger partial charge in [-0.2, -0.15) is 0 Å². The van der Waals surface area contributed by atoms with E-state index in [0.717, 1.165) is 6.42 Å². The summed E-state index contributed by atoms with van der Waals surface area (Å²) in [6, 6.07) is 0. The van der Waals surface area contributed by atoms with Gasteiger partial charge in [0.25, 0.3) is 0 Å². The molecule has 0 fully saturated rings. The second-order valence-electron chi connectivity index (χ2n) is 3.75. The standard InChI is InChI=1S/C12H22O/c1-4-6-7-8-9-11-12(3,13)10-5-2/h5,9,11,13H,2,4,6-8,10H2,1,3H3/b11-9+. The minimum absolute atomic E-state index is 0.622. The molecular formula is C12H22O. The van der Waals surface area contributed by atoms with Crippen molar-refractivity contribution in [3.05, 3.63) is 24.8 Å². The largest absolute Gasteiger partial charge is 0.386 e. The molecule has 0 bridgehead atoms. The fraction of sp³-hybridized carbons (Fsp3) is 0.667. The molecule has 1 N–H and O–H groups in total. The average Bonchev–Trinajstić information content (AvgIpc) is 2.04. The van der Waals surface area contributed by atoms with Crippen molar-refractivity contribution in [2.45, 2.75) is 51.6 Å². The molecule has 0 aliphatic heterocycles. The van der Waals surface area contributed by atoms with Crippen molar-refractivity contribution in [3.8, 4) is 0 Å². The van der Waals surface area contributed by atoms with Gasteiger partial charge < -0.3 is 5.11 Å². The maximum atomic E-state index is 9.71. The average molecular weight is 182 g/mol. The lowest BCUT2D eigenvalue weighted by molar-refractivity contribution is 0.115. The van der Waals surface area contributed by atoms with Crippen LogP contribution in [0.1, 0.15) is 46.0 Å². The molecule has 0 heterocycles. The topological polar surface area (TPSA) is 20.2 Å². The lowest BCUT2D eigenvalue weighted by atomic mass is 10.0. The van der Waals surface area contributed by atoms with E-state index in [-0.39, 0.29) is 0 Å². The monoisotopic (exact) mass is 182 g/mol. The summed E-state index contributed by atoms with van der Waals surface area (Å²) in [7, 11) is 0. The number of hydrogen-bond donors (Lipinski definition) is 1. The summed E-state index contributed by atoms with van der Waals surface area (Å²) in [5.74, 6) is 0. The highest BCUT2D eigenvalue weighted by atomic mass is 16.3. The Labute approximate surface area is 82.2 Å². The van der Waals surface area contributed by atoms with Crippen molar-refractivity contribution < 1.29 is 5.11 Å². The van der Waals surface area contributed by atoms with Crippen LogP contribution in [0, 0.1) is 0 Å². The third-order valence-corrected chi connectivity index (χ3v) is 2.01. The lowest BCUT2D eigenvalue weighted by Gasteiger charge is -2.15. The van der Waals surface area contributed by atoms with Crippen LogP contribution in [-0.2, 0) is 0 Å². The van der Waals surface area contributed by atoms with Gasteiger partial charge in [0.1, 0.15) is 0 Å². The van der Waals surface area contributed by atoms with E-state index in [9.17, 15) is 5.11 Å². The fourth-order valence-corrected chi connectivity index (χ4v) is 1.21. The van der Waals surface area contributed by atoms with Gasteiger partial charge in [-0.25, -0.2) is 0 Å². The molecule has 0 radical (unpaired) electrons. The fourth-order valence-electron chi connectivity index (χ4n) is 1.21. The van der Waals surface area contributed by atoms with E-state index in [2.05, 4.69) is 19.6 Å². The number of rotatable bonds is 7. The van der Waals surface area contributed by atoms with Crippen molar-refractivity contribution in [1.29, 1.82) is 0 Å². The zero-order valence-electron chi connectivity index (χ0n) is 8.92. The summed E-state index contributed by atoms with van der Waals surface area (Å²) in [4.78, 5) is 0. The first kappa shape index (κ1) is 12.4. The first-order valence-electron chi connectivity index (χ1n) is 5.13. The molecule has 0 saturated carbocycles. The second kappa shape index (κ2) is 6.90. The van der Waals surface area contributed by atoms with E-state index < -0.39 is 5.60 Å². The number of allylic oxidation sites excluding steroid dienone is 1. The van der Waals surface area contributed by atoms with E-state index in [0.29, 0.717) is 6.42 Å². The molecule has 0 aromatic heterocycles. The van der Waals surface area contributed by atoms with Crippen molar-refractivity contribution in [3.63, 3.8) is 0 Å². The molecule has 76 valence electrons. The van der Waals surface area contributed by atoms with Crippen molar-refractivity contribution in [1.82, 2.24) is 0 Å². The molecule has 0 rings (SSSR count). The van der Waals surface area contributed by atoms with E-state index in [1.165, 1.54) is 19.3 Å². The second-order valence-corrected chi connectivity index (χ2v) is 3.75. The van der Waals surface area contributed by atoms with Gasteiger partial charge in [0.15, 0.2) is 0 Å². The molecule has 0 spiro atoms. The van der Waals surface area contributed by atoms with Gasteiger partial charge in [-0.1, -0.05) is 38.0 Å². The summed E-state index contributed by atoms with van der Waals surface area (Å²) in [5, 5.41) is 9.71. The molecule has 1 heteroatoms. The van der Waals surface area contributed by atoms with Crippen molar-refractivity contribution in [2.75, 3.05) is 0 Å². The van der Waals surface area contributed by atoms with E-state index in [1.807, 2.05) is 13.0 Å². The number of hydrogen-bond acceptors (Lipinski definition) is 1. The Kier molecular flexibility index (Phi) is 6.61. The first-order valence-corrected chi connectivity index (χ1v) is 5.13. The molecule has 13 heavy (non-hydrogen) atoms. The third-order valence-electron chi connectivity index (χ3n) is 2.01. The summed E-state index contributed by atoms with van der Waals surface area (Å²) >= 11 is 0. The Morgan fingerprint density at radius 3 is 2.62 bits per heavy atom. The van der Waals surface area contributed by atoms with Gasteiger partial charge in [-0.05, 0) is 26.2 Å². The zero-order chi connectivity index (χ0) is 10.2. The van der Waals surface area contributed by atoms with Crippen molar-refractivity contribution in [2.24, 2.45) is 0 Å². The molecule has 0 aromatic carbocycles. The molecule has 1 nitrogen and oxygen atoms in total. The maximum Gasteiger partial charge on any atom is 0.0833 e. The Bertz CT molecular complexity index is 157. The Hall–Kier alpha value is -0.560. The van der Waals surface area contributed by atoms with Gasteiger partial charge in [-0.15, -0.1) is 6.58 Å². The van der Waals surface area contributed by atoms with Crippen molar-refractivity contribution >= 4 is 0 Å². The van der Waals surface area contributed by atoms with E-state index >= 15 is 0 Å². The molecule has 0 saturated heterocycles. The quantitative estimate of drug-likeness (QED) is 0.472. The zero-order valence-corrected chi connectivity index (χ0v) is 8.92. The predicted molar refractivity (Wildman–Crippen MR) is 58.7 cm³/mol. The Morgan fingerprint density at radius 1 is 1.38 bits per heavy atom. The molecule has 0 aliphatic rings. The van der Waals surface area contributed by atoms with Gasteiger partial charge >= 0.3 is 0 Å². The third kappa shape index (κ3) is 7.79. The highest BCUT2D eigenvalue weighted by Crippen LogP contribution is 2.12. The molecule has 0 aliphatic carbocycles. The normalized spacial score (nSPS) is 15.9. The summed E-state index contributed by atoms with van der Waals surface area (Å²) in [5.41, 5.74) is -0.700. The van der Waals surface area contributed by atoms with Gasteiger partial charge in [-0.3, -0.25) is 0 Å². The highest BCUT2D eigenvalue weighted by molar-refractivity contribution is 5.01. The van der Waals surface area contributed by atoms with Crippen LogP contribution in [0.25, 0.3) is 0 Å². The first-order chi connectivity index (χ1) is 6.12. The lowest BCUT2D eigenvalue weighted by Crippen LogP contribution is -2.18. The van der Waals surface area contributed by atoms with Gasteiger partial charge in [0, 0.05) is 0 Å². The van der Waals surface area contributed by atoms with E-state index in [1.54, 1.807) is 6.08 Å². The van der Waals surface area contributed by atoms with Gasteiger partial charge in [0.2, 0.25) is 0 Å². The molecule has 1 atom stereocenters. The van der Waals surface area contributed by atoms with Crippen LogP contribution in [0.5, 0.6) is 0 Å². The van der Waals surface area contributed by atoms with Crippen LogP contribution in [-0.4, -0.2) is 10.7 Å². The van der Waals surface area contributed by atoms with Crippen LogP contribution in [0.2, 0.25) is 0 Å². The Morgan fingerprint density at radius 2 is 2.08 bits per heavy atom. The maximum absolute atomic E-state index is 9.71. The van der Waals surface area contributed by atoms with Gasteiger partial charge in [0.05, 0.1) is 5.60 Å². The van der Waals surface area contributed by atoms with Crippen LogP contribution >= 0.6 is 0 Å². The SMILES string of the molecule is C=CCC(C)(O)/C=C/CCCCC. The van der Waals surface area contributed by atoms with Crippen LogP contribution in [0.15, 0.2) is 24.8 Å². The van der Waals surface area contributed by atoms with E-state index in [4.69, 9.17) is 0 Å². The summed E-state index contributed by atoms with van der Waals surface area (Å²) < 4.78 is 0. The highest BCUT2D eigenvalue weighted by Gasteiger charge is 2.12. The molecular weight excluding hydrogens is 160 g/mol. The molecule has 1 unspecified atom stereocenters. The Balaban J connectivity index is 3.62. The minimum Gasteiger partial charge on any atom is -0.386 e. The summed E-state index contributed by atoms with van der Waals surface area (Å²) in [6.07, 6.45) is 11.1. The van der Waals surface area contributed by atoms with Crippen LogP contribution in [0.4, 0.5) is 0 Å². The van der Waals surface area contributed by atoms with Crippen LogP contribution < -0.4 is 0 Å². The van der Waals surface area contributed by atoms with Crippen LogP contribution in [0.3, 0.4) is 0 Å². The minimum atomic E-state index is -0.700. The molecule has 0 amide bonds. The predicted octanol–water partition coefficient (Wildman–Crippen LogP) is 3.45. The number of aliphatic hydroxyl groups is 1. The molecule has 0 aromatic rings. The smallest absolute Gasteiger partial charge is 0.0833 e. The number of unbranched alkanes of at least 4 members (excludes halogenated alkanes) is 3.